The van der Waals surface area contributed by atoms with E-state index in [-0.39, 0.29) is 0 Å². The summed E-state index contributed by atoms with van der Waals surface area (Å²) in [6, 6.07) is 0. The summed E-state index contributed by atoms with van der Waals surface area (Å²) in [5.41, 5.74) is 2.22. The molecule has 0 saturated heterocycles. The molecule has 0 saturated carbocycles. The Morgan fingerprint density at radius 2 is 2.06 bits per heavy atom. The van der Waals surface area contributed by atoms with E-state index in [0.717, 1.165) is 30.6 Å². The summed E-state index contributed by atoms with van der Waals surface area (Å²) in [7, 11) is 3.61. The molecule has 4 heteroatoms. The van der Waals surface area contributed by atoms with E-state index in [1.165, 1.54) is 24.8 Å². The van der Waals surface area contributed by atoms with Gasteiger partial charge in [-0.15, -0.1) is 0 Å². The lowest BCUT2D eigenvalue weighted by molar-refractivity contribution is 0.368. The Kier molecular flexibility index (Phi) is 6.19. The van der Waals surface area contributed by atoms with Crippen molar-refractivity contribution in [2.75, 3.05) is 13.7 Å². The quantitative estimate of drug-likeness (QED) is 0.724. The fourth-order valence-electron chi connectivity index (χ4n) is 2.16. The summed E-state index contributed by atoms with van der Waals surface area (Å²) in [5.74, 6) is 1.67. The van der Waals surface area contributed by atoms with Crippen LogP contribution in [0.5, 0.6) is 5.88 Å². The van der Waals surface area contributed by atoms with E-state index >= 15 is 0 Å². The number of methoxy groups -OCH3 is 1. The highest BCUT2D eigenvalue weighted by Crippen LogP contribution is 2.20. The number of hydrogen-bond donors (Lipinski definition) is 1. The standard InChI is InChI=1S/C14H27N3O/c1-11(2)8-6-7-9-15-10-13-12(3)16-17(4)14(13)18-5/h11,15H,6-10H2,1-5H3. The molecule has 1 aromatic rings. The first-order valence-corrected chi connectivity index (χ1v) is 6.83. The summed E-state index contributed by atoms with van der Waals surface area (Å²) in [6.07, 6.45) is 3.85. The highest BCUT2D eigenvalue weighted by Gasteiger charge is 2.12. The van der Waals surface area contributed by atoms with Crippen LogP contribution in [0.25, 0.3) is 0 Å². The maximum Gasteiger partial charge on any atom is 0.216 e. The summed E-state index contributed by atoms with van der Waals surface area (Å²) < 4.78 is 7.16. The second-order valence-electron chi connectivity index (χ2n) is 5.26. The van der Waals surface area contributed by atoms with Crippen LogP contribution in [-0.4, -0.2) is 23.4 Å². The lowest BCUT2D eigenvalue weighted by Gasteiger charge is -2.07. The molecule has 0 aliphatic carbocycles. The van der Waals surface area contributed by atoms with Crippen LogP contribution in [0.1, 0.15) is 44.4 Å². The van der Waals surface area contributed by atoms with Crippen LogP contribution in [0, 0.1) is 12.8 Å². The average molecular weight is 253 g/mol. The minimum absolute atomic E-state index is 0.811. The fraction of sp³-hybridized carbons (Fsp3) is 0.786. The first-order chi connectivity index (χ1) is 8.56. The number of ether oxygens (including phenoxy) is 1. The zero-order chi connectivity index (χ0) is 13.5. The third-order valence-corrected chi connectivity index (χ3v) is 3.17. The number of unbranched alkanes of at least 4 members (excludes halogenated alkanes) is 1. The Balaban J connectivity index is 2.31. The molecule has 18 heavy (non-hydrogen) atoms. The predicted molar refractivity (Wildman–Crippen MR) is 74.9 cm³/mol. The van der Waals surface area contributed by atoms with Gasteiger partial charge in [0.1, 0.15) is 0 Å². The van der Waals surface area contributed by atoms with Crippen LogP contribution in [0.15, 0.2) is 0 Å². The van der Waals surface area contributed by atoms with Crippen molar-refractivity contribution < 1.29 is 4.74 Å². The van der Waals surface area contributed by atoms with Crippen molar-refractivity contribution in [1.82, 2.24) is 15.1 Å². The van der Waals surface area contributed by atoms with Gasteiger partial charge in [0, 0.05) is 13.6 Å². The normalized spacial score (nSPS) is 11.2. The molecule has 4 nitrogen and oxygen atoms in total. The molecule has 0 atom stereocenters. The molecule has 104 valence electrons. The first kappa shape index (κ1) is 15.0. The molecule has 0 aliphatic rings. The lowest BCUT2D eigenvalue weighted by Crippen LogP contribution is -2.15. The number of hydrogen-bond acceptors (Lipinski definition) is 3. The maximum absolute atomic E-state index is 5.37. The number of aromatic nitrogens is 2. The Morgan fingerprint density at radius 1 is 1.33 bits per heavy atom. The van der Waals surface area contributed by atoms with Gasteiger partial charge in [0.25, 0.3) is 0 Å². The van der Waals surface area contributed by atoms with Crippen molar-refractivity contribution in [2.45, 2.75) is 46.6 Å². The molecule has 0 radical (unpaired) electrons. The fourth-order valence-corrected chi connectivity index (χ4v) is 2.16. The zero-order valence-corrected chi connectivity index (χ0v) is 12.4. The topological polar surface area (TPSA) is 39.1 Å². The van der Waals surface area contributed by atoms with Gasteiger partial charge in [-0.3, -0.25) is 0 Å². The average Bonchev–Trinajstić information content (AvgIpc) is 2.57. The van der Waals surface area contributed by atoms with Gasteiger partial charge in [-0.2, -0.15) is 5.10 Å². The van der Waals surface area contributed by atoms with E-state index in [2.05, 4.69) is 24.3 Å². The number of aryl methyl sites for hydroxylation is 2. The van der Waals surface area contributed by atoms with Gasteiger partial charge < -0.3 is 10.1 Å². The van der Waals surface area contributed by atoms with Crippen LogP contribution in [-0.2, 0) is 13.6 Å². The van der Waals surface area contributed by atoms with Crippen molar-refractivity contribution in [1.29, 1.82) is 0 Å². The number of nitrogens with one attached hydrogen (secondary N) is 1. The van der Waals surface area contributed by atoms with Crippen molar-refractivity contribution in [3.05, 3.63) is 11.3 Å². The summed E-state index contributed by atoms with van der Waals surface area (Å²) in [4.78, 5) is 0. The predicted octanol–water partition coefficient (Wildman–Crippen LogP) is 2.65. The van der Waals surface area contributed by atoms with E-state index in [0.29, 0.717) is 0 Å². The van der Waals surface area contributed by atoms with E-state index < -0.39 is 0 Å². The van der Waals surface area contributed by atoms with Crippen LogP contribution in [0.2, 0.25) is 0 Å². The van der Waals surface area contributed by atoms with Crippen molar-refractivity contribution >= 4 is 0 Å². The van der Waals surface area contributed by atoms with Crippen LogP contribution in [0.3, 0.4) is 0 Å². The molecule has 1 aromatic heterocycles. The third kappa shape index (κ3) is 4.33. The Morgan fingerprint density at radius 3 is 2.67 bits per heavy atom. The molecular weight excluding hydrogens is 226 g/mol. The summed E-state index contributed by atoms with van der Waals surface area (Å²) in [5, 5.41) is 7.84. The highest BCUT2D eigenvalue weighted by molar-refractivity contribution is 5.30. The van der Waals surface area contributed by atoms with E-state index in [4.69, 9.17) is 4.74 Å². The van der Waals surface area contributed by atoms with Gasteiger partial charge in [0.2, 0.25) is 5.88 Å². The van der Waals surface area contributed by atoms with E-state index in [1.54, 1.807) is 11.8 Å². The van der Waals surface area contributed by atoms with Gasteiger partial charge in [0.05, 0.1) is 18.4 Å². The van der Waals surface area contributed by atoms with Crippen LogP contribution < -0.4 is 10.1 Å². The molecule has 0 amide bonds. The molecule has 0 unspecified atom stereocenters. The molecule has 1 N–H and O–H groups in total. The molecule has 1 rings (SSSR count). The molecule has 0 aliphatic heterocycles. The van der Waals surface area contributed by atoms with Crippen molar-refractivity contribution in [2.24, 2.45) is 13.0 Å². The molecule has 0 aromatic carbocycles. The minimum Gasteiger partial charge on any atom is -0.481 e. The van der Waals surface area contributed by atoms with E-state index in [1.807, 2.05) is 14.0 Å². The van der Waals surface area contributed by atoms with Gasteiger partial charge in [-0.05, 0) is 25.8 Å². The molecule has 1 heterocycles. The Hall–Kier alpha value is -1.03. The molecule has 0 fully saturated rings. The third-order valence-electron chi connectivity index (χ3n) is 3.17. The largest absolute Gasteiger partial charge is 0.481 e. The number of nitrogens with zero attached hydrogens (tertiary/aromatic N) is 2. The molecule has 0 spiro atoms. The first-order valence-electron chi connectivity index (χ1n) is 6.83. The van der Waals surface area contributed by atoms with Crippen molar-refractivity contribution in [3.8, 4) is 5.88 Å². The van der Waals surface area contributed by atoms with Gasteiger partial charge in [-0.1, -0.05) is 26.7 Å². The molecule has 0 bridgehead atoms. The Labute approximate surface area is 111 Å². The highest BCUT2D eigenvalue weighted by atomic mass is 16.5. The number of rotatable bonds is 8. The monoisotopic (exact) mass is 253 g/mol. The van der Waals surface area contributed by atoms with Crippen LogP contribution in [0.4, 0.5) is 0 Å². The van der Waals surface area contributed by atoms with E-state index in [9.17, 15) is 0 Å². The summed E-state index contributed by atoms with van der Waals surface area (Å²) >= 11 is 0. The van der Waals surface area contributed by atoms with Crippen molar-refractivity contribution in [3.63, 3.8) is 0 Å². The van der Waals surface area contributed by atoms with Gasteiger partial charge >= 0.3 is 0 Å². The smallest absolute Gasteiger partial charge is 0.216 e. The minimum atomic E-state index is 0.811. The lowest BCUT2D eigenvalue weighted by atomic mass is 10.1. The maximum atomic E-state index is 5.37. The zero-order valence-electron chi connectivity index (χ0n) is 12.4. The SMILES string of the molecule is COc1c(CNCCCCC(C)C)c(C)nn1C. The van der Waals surface area contributed by atoms with Gasteiger partial charge in [-0.25, -0.2) is 4.68 Å². The summed E-state index contributed by atoms with van der Waals surface area (Å²) in [6.45, 7) is 8.47. The molecular formula is C14H27N3O. The second kappa shape index (κ2) is 7.41. The van der Waals surface area contributed by atoms with Crippen LogP contribution >= 0.6 is 0 Å². The Bertz CT molecular complexity index is 358. The van der Waals surface area contributed by atoms with Gasteiger partial charge in [0.15, 0.2) is 0 Å². The second-order valence-corrected chi connectivity index (χ2v) is 5.26.